The molecular formula is C14H13N5S. The van der Waals surface area contributed by atoms with Crippen LogP contribution in [0.3, 0.4) is 0 Å². The van der Waals surface area contributed by atoms with Crippen LogP contribution in [0.5, 0.6) is 0 Å². The molecule has 3 aromatic rings. The van der Waals surface area contributed by atoms with E-state index in [1.807, 2.05) is 55.5 Å². The molecule has 0 saturated heterocycles. The number of hydrogen-bond donors (Lipinski definition) is 1. The lowest BCUT2D eigenvalue weighted by Gasteiger charge is -2.08. The monoisotopic (exact) mass is 283 g/mol. The number of nitrogens with zero attached hydrogens (tertiary/aromatic N) is 4. The van der Waals surface area contributed by atoms with Crippen LogP contribution in [-0.2, 0) is 0 Å². The van der Waals surface area contributed by atoms with Crippen LogP contribution in [0.4, 0.5) is 5.69 Å². The summed E-state index contributed by atoms with van der Waals surface area (Å²) in [6.45, 7) is 2.02. The van der Waals surface area contributed by atoms with Crippen LogP contribution < -0.4 is 5.73 Å². The average Bonchev–Trinajstić information content (AvgIpc) is 2.92. The Morgan fingerprint density at radius 1 is 1.05 bits per heavy atom. The molecule has 5 nitrogen and oxygen atoms in total. The zero-order valence-electron chi connectivity index (χ0n) is 10.9. The fourth-order valence-corrected chi connectivity index (χ4v) is 2.78. The molecule has 2 aromatic carbocycles. The quantitative estimate of drug-likeness (QED) is 0.748. The van der Waals surface area contributed by atoms with E-state index in [0.717, 1.165) is 21.8 Å². The van der Waals surface area contributed by atoms with Crippen molar-refractivity contribution in [2.24, 2.45) is 0 Å². The van der Waals surface area contributed by atoms with Crippen LogP contribution in [0.15, 0.2) is 58.6 Å². The molecule has 0 saturated carbocycles. The largest absolute Gasteiger partial charge is 0.398 e. The summed E-state index contributed by atoms with van der Waals surface area (Å²) < 4.78 is 1.70. The highest BCUT2D eigenvalue weighted by atomic mass is 32.2. The van der Waals surface area contributed by atoms with Crippen molar-refractivity contribution in [2.75, 3.05) is 5.73 Å². The van der Waals surface area contributed by atoms with Gasteiger partial charge < -0.3 is 5.73 Å². The van der Waals surface area contributed by atoms with E-state index in [4.69, 9.17) is 5.73 Å². The number of hydrogen-bond acceptors (Lipinski definition) is 5. The van der Waals surface area contributed by atoms with E-state index >= 15 is 0 Å². The van der Waals surface area contributed by atoms with Gasteiger partial charge in [-0.1, -0.05) is 30.3 Å². The minimum absolute atomic E-state index is 0.692. The van der Waals surface area contributed by atoms with Crippen LogP contribution in [-0.4, -0.2) is 20.2 Å². The maximum absolute atomic E-state index is 6.03. The van der Waals surface area contributed by atoms with Crippen molar-refractivity contribution in [1.82, 2.24) is 20.2 Å². The molecule has 0 aliphatic rings. The zero-order valence-corrected chi connectivity index (χ0v) is 11.7. The second kappa shape index (κ2) is 5.34. The smallest absolute Gasteiger partial charge is 0.218 e. The van der Waals surface area contributed by atoms with Gasteiger partial charge in [-0.2, -0.15) is 4.68 Å². The lowest BCUT2D eigenvalue weighted by Crippen LogP contribution is -1.99. The molecule has 0 aliphatic carbocycles. The summed E-state index contributed by atoms with van der Waals surface area (Å²) >= 11 is 1.47. The number of nitrogen functional groups attached to an aromatic ring is 1. The SMILES string of the molecule is Cc1cccc(N)c1Sc1nnnn1-c1ccccc1. The van der Waals surface area contributed by atoms with Crippen LogP contribution in [0.1, 0.15) is 5.56 Å². The van der Waals surface area contributed by atoms with Crippen molar-refractivity contribution in [3.8, 4) is 5.69 Å². The van der Waals surface area contributed by atoms with Crippen molar-refractivity contribution in [3.05, 3.63) is 54.1 Å². The summed E-state index contributed by atoms with van der Waals surface area (Å²) in [5.74, 6) is 0. The van der Waals surface area contributed by atoms with Gasteiger partial charge in [0.15, 0.2) is 0 Å². The van der Waals surface area contributed by atoms with E-state index in [0.29, 0.717) is 5.16 Å². The summed E-state index contributed by atoms with van der Waals surface area (Å²) in [7, 11) is 0. The van der Waals surface area contributed by atoms with Crippen LogP contribution in [0.25, 0.3) is 5.69 Å². The van der Waals surface area contributed by atoms with E-state index < -0.39 is 0 Å². The Labute approximate surface area is 120 Å². The van der Waals surface area contributed by atoms with Crippen molar-refractivity contribution >= 4 is 17.4 Å². The molecule has 0 amide bonds. The van der Waals surface area contributed by atoms with Gasteiger partial charge in [0.25, 0.3) is 0 Å². The molecule has 100 valence electrons. The fourth-order valence-electron chi connectivity index (χ4n) is 1.88. The van der Waals surface area contributed by atoms with E-state index in [2.05, 4.69) is 15.5 Å². The second-order valence-electron chi connectivity index (χ2n) is 4.30. The Morgan fingerprint density at radius 2 is 1.85 bits per heavy atom. The minimum atomic E-state index is 0.692. The number of benzene rings is 2. The third-order valence-corrected chi connectivity index (χ3v) is 4.08. The van der Waals surface area contributed by atoms with Gasteiger partial charge in [-0.05, 0) is 52.9 Å². The molecule has 2 N–H and O–H groups in total. The second-order valence-corrected chi connectivity index (χ2v) is 5.28. The lowest BCUT2D eigenvalue weighted by molar-refractivity contribution is 0.756. The van der Waals surface area contributed by atoms with Gasteiger partial charge in [0.1, 0.15) is 0 Å². The fraction of sp³-hybridized carbons (Fsp3) is 0.0714. The molecule has 0 fully saturated rings. The molecule has 20 heavy (non-hydrogen) atoms. The highest BCUT2D eigenvalue weighted by molar-refractivity contribution is 7.99. The zero-order chi connectivity index (χ0) is 13.9. The van der Waals surface area contributed by atoms with Gasteiger partial charge >= 0.3 is 0 Å². The van der Waals surface area contributed by atoms with Crippen molar-refractivity contribution in [2.45, 2.75) is 17.0 Å². The van der Waals surface area contributed by atoms with Crippen LogP contribution in [0.2, 0.25) is 0 Å². The molecule has 0 unspecified atom stereocenters. The van der Waals surface area contributed by atoms with Crippen LogP contribution in [0, 0.1) is 6.92 Å². The summed E-state index contributed by atoms with van der Waals surface area (Å²) in [4.78, 5) is 0.986. The third kappa shape index (κ3) is 2.37. The molecule has 0 aliphatic heterocycles. The first-order valence-electron chi connectivity index (χ1n) is 6.12. The Balaban J connectivity index is 1.99. The molecule has 1 aromatic heterocycles. The number of tetrazole rings is 1. The highest BCUT2D eigenvalue weighted by Gasteiger charge is 2.13. The van der Waals surface area contributed by atoms with Crippen molar-refractivity contribution in [1.29, 1.82) is 0 Å². The lowest BCUT2D eigenvalue weighted by atomic mass is 10.2. The van der Waals surface area contributed by atoms with Crippen LogP contribution >= 0.6 is 11.8 Å². The molecular weight excluding hydrogens is 270 g/mol. The predicted molar refractivity (Wildman–Crippen MR) is 78.9 cm³/mol. The van der Waals surface area contributed by atoms with E-state index in [-0.39, 0.29) is 0 Å². The van der Waals surface area contributed by atoms with E-state index in [9.17, 15) is 0 Å². The summed E-state index contributed by atoms with van der Waals surface area (Å²) in [6.07, 6.45) is 0. The maximum Gasteiger partial charge on any atom is 0.218 e. The molecule has 0 radical (unpaired) electrons. The summed E-state index contributed by atoms with van der Waals surface area (Å²) in [6, 6.07) is 15.6. The number of para-hydroxylation sites is 1. The minimum Gasteiger partial charge on any atom is -0.398 e. The number of aromatic nitrogens is 4. The van der Waals surface area contributed by atoms with Gasteiger partial charge in [-0.3, -0.25) is 0 Å². The number of aryl methyl sites for hydroxylation is 1. The first kappa shape index (κ1) is 12.7. The number of anilines is 1. The first-order valence-corrected chi connectivity index (χ1v) is 6.94. The molecule has 6 heteroatoms. The highest BCUT2D eigenvalue weighted by Crippen LogP contribution is 2.33. The summed E-state index contributed by atoms with van der Waals surface area (Å²) in [5.41, 5.74) is 8.79. The van der Waals surface area contributed by atoms with Gasteiger partial charge in [-0.25, -0.2) is 0 Å². The Kier molecular flexibility index (Phi) is 3.39. The Bertz CT molecular complexity index is 703. The predicted octanol–water partition coefficient (Wildman–Crippen LogP) is 2.70. The van der Waals surface area contributed by atoms with Gasteiger partial charge in [-0.15, -0.1) is 5.10 Å². The van der Waals surface area contributed by atoms with Crippen molar-refractivity contribution in [3.63, 3.8) is 0 Å². The summed E-state index contributed by atoms with van der Waals surface area (Å²) in [5, 5.41) is 12.6. The molecule has 0 spiro atoms. The van der Waals surface area contributed by atoms with Gasteiger partial charge in [0.2, 0.25) is 5.16 Å². The Hall–Kier alpha value is -2.34. The first-order chi connectivity index (χ1) is 9.75. The molecule has 0 bridgehead atoms. The average molecular weight is 283 g/mol. The van der Waals surface area contributed by atoms with Gasteiger partial charge in [0.05, 0.1) is 5.69 Å². The Morgan fingerprint density at radius 3 is 2.60 bits per heavy atom. The molecule has 1 heterocycles. The molecule has 0 atom stereocenters. The maximum atomic E-state index is 6.03. The van der Waals surface area contributed by atoms with E-state index in [1.165, 1.54) is 11.8 Å². The van der Waals surface area contributed by atoms with E-state index in [1.54, 1.807) is 4.68 Å². The third-order valence-electron chi connectivity index (χ3n) is 2.88. The topological polar surface area (TPSA) is 69.6 Å². The molecule has 3 rings (SSSR count). The number of rotatable bonds is 3. The number of nitrogens with two attached hydrogens (primary N) is 1. The van der Waals surface area contributed by atoms with Gasteiger partial charge in [0, 0.05) is 10.6 Å². The normalized spacial score (nSPS) is 10.7. The standard InChI is InChI=1S/C14H13N5S/c1-10-6-5-9-12(15)13(10)20-14-16-17-18-19(14)11-7-3-2-4-8-11/h2-9H,15H2,1H3. The van der Waals surface area contributed by atoms with Crippen molar-refractivity contribution < 1.29 is 0 Å².